The molecular weight excluding hydrogens is 262 g/mol. The van der Waals surface area contributed by atoms with Gasteiger partial charge in [0.1, 0.15) is 5.75 Å². The highest BCUT2D eigenvalue weighted by Gasteiger charge is 2.18. The van der Waals surface area contributed by atoms with Gasteiger partial charge in [-0.1, -0.05) is 17.7 Å². The van der Waals surface area contributed by atoms with Gasteiger partial charge in [-0.2, -0.15) is 0 Å². The largest absolute Gasteiger partial charge is 0.508 e. The average Bonchev–Trinajstić information content (AvgIpc) is 2.71. The van der Waals surface area contributed by atoms with Crippen LogP contribution >= 0.6 is 0 Å². The molecule has 1 N–H and O–H groups in total. The maximum atomic E-state index is 12.0. The highest BCUT2D eigenvalue weighted by molar-refractivity contribution is 6.09. The van der Waals surface area contributed by atoms with Crippen LogP contribution in [0.15, 0.2) is 42.5 Å². The number of rotatable bonds is 2. The van der Waals surface area contributed by atoms with Gasteiger partial charge in [0.15, 0.2) is 5.78 Å². The predicted octanol–water partition coefficient (Wildman–Crippen LogP) is 4.16. The molecule has 0 bridgehead atoms. The number of hydrogen-bond acceptors (Lipinski definition) is 2. The molecule has 3 nitrogen and oxygen atoms in total. The Kier molecular flexibility index (Phi) is 3.05. The van der Waals surface area contributed by atoms with Crippen molar-refractivity contribution in [1.29, 1.82) is 0 Å². The first-order valence-corrected chi connectivity index (χ1v) is 6.91. The number of carbonyl (C=O) groups is 1. The lowest BCUT2D eigenvalue weighted by molar-refractivity contribution is 0.101. The zero-order valence-corrected chi connectivity index (χ0v) is 12.3. The second-order valence-corrected chi connectivity index (χ2v) is 5.39. The molecule has 3 heteroatoms. The average molecular weight is 279 g/mol. The van der Waals surface area contributed by atoms with E-state index in [2.05, 4.69) is 0 Å². The van der Waals surface area contributed by atoms with E-state index in [1.807, 2.05) is 42.7 Å². The van der Waals surface area contributed by atoms with E-state index in [4.69, 9.17) is 0 Å². The fraction of sp³-hybridized carbons (Fsp3) is 0.167. The van der Waals surface area contributed by atoms with Gasteiger partial charge in [0, 0.05) is 28.4 Å². The van der Waals surface area contributed by atoms with E-state index in [0.29, 0.717) is 5.56 Å². The van der Waals surface area contributed by atoms with Gasteiger partial charge < -0.3 is 9.67 Å². The fourth-order valence-electron chi connectivity index (χ4n) is 2.87. The minimum atomic E-state index is 0.0362. The van der Waals surface area contributed by atoms with Crippen molar-refractivity contribution in [2.45, 2.75) is 20.8 Å². The second kappa shape index (κ2) is 4.77. The van der Waals surface area contributed by atoms with Crippen molar-refractivity contribution >= 4 is 16.7 Å². The summed E-state index contributed by atoms with van der Waals surface area (Å²) < 4.78 is 2.02. The van der Waals surface area contributed by atoms with Gasteiger partial charge in [-0.15, -0.1) is 0 Å². The Balaban J connectivity index is 2.41. The van der Waals surface area contributed by atoms with Crippen LogP contribution < -0.4 is 0 Å². The fourth-order valence-corrected chi connectivity index (χ4v) is 2.87. The normalized spacial score (nSPS) is 11.0. The minimum Gasteiger partial charge on any atom is -0.508 e. The smallest absolute Gasteiger partial charge is 0.162 e. The van der Waals surface area contributed by atoms with E-state index in [1.165, 1.54) is 5.56 Å². The summed E-state index contributed by atoms with van der Waals surface area (Å²) in [6.07, 6.45) is 0. The third-order valence-electron chi connectivity index (χ3n) is 3.83. The number of Topliss-reactive ketones (excluding diaryl/α,β-unsaturated/α-hetero) is 1. The van der Waals surface area contributed by atoms with Gasteiger partial charge in [-0.3, -0.25) is 4.79 Å². The van der Waals surface area contributed by atoms with Crippen LogP contribution in [0.2, 0.25) is 0 Å². The number of hydrogen-bond donors (Lipinski definition) is 1. The maximum absolute atomic E-state index is 12.0. The summed E-state index contributed by atoms with van der Waals surface area (Å²) in [6.45, 7) is 5.55. The molecule has 21 heavy (non-hydrogen) atoms. The first kappa shape index (κ1) is 13.4. The Bertz CT molecular complexity index is 842. The molecule has 3 rings (SSSR count). The highest BCUT2D eigenvalue weighted by Crippen LogP contribution is 2.31. The van der Waals surface area contributed by atoms with Crippen LogP contribution in [0.5, 0.6) is 5.75 Å². The van der Waals surface area contributed by atoms with Crippen molar-refractivity contribution in [3.05, 3.63) is 59.3 Å². The molecule has 106 valence electrons. The van der Waals surface area contributed by atoms with Crippen LogP contribution in [-0.2, 0) is 0 Å². The first-order valence-electron chi connectivity index (χ1n) is 6.91. The van der Waals surface area contributed by atoms with Gasteiger partial charge in [0.2, 0.25) is 0 Å². The minimum absolute atomic E-state index is 0.0362. The molecule has 0 amide bonds. The lowest BCUT2D eigenvalue weighted by Gasteiger charge is -2.09. The number of nitrogens with zero attached hydrogens (tertiary/aromatic N) is 1. The summed E-state index contributed by atoms with van der Waals surface area (Å²) in [5, 5.41) is 10.7. The quantitative estimate of drug-likeness (QED) is 0.716. The van der Waals surface area contributed by atoms with Crippen LogP contribution in [0.4, 0.5) is 0 Å². The van der Waals surface area contributed by atoms with E-state index in [-0.39, 0.29) is 11.5 Å². The number of aromatic nitrogens is 1. The summed E-state index contributed by atoms with van der Waals surface area (Å²) in [7, 11) is 0. The highest BCUT2D eigenvalue weighted by atomic mass is 16.3. The van der Waals surface area contributed by atoms with Gasteiger partial charge >= 0.3 is 0 Å². The Morgan fingerprint density at radius 2 is 1.71 bits per heavy atom. The summed E-state index contributed by atoms with van der Waals surface area (Å²) >= 11 is 0. The zero-order chi connectivity index (χ0) is 15.1. The van der Waals surface area contributed by atoms with Crippen molar-refractivity contribution in [3.8, 4) is 11.4 Å². The number of phenols is 1. The van der Waals surface area contributed by atoms with Crippen molar-refractivity contribution in [2.75, 3.05) is 0 Å². The summed E-state index contributed by atoms with van der Waals surface area (Å²) in [4.78, 5) is 12.0. The van der Waals surface area contributed by atoms with Gasteiger partial charge in [0.25, 0.3) is 0 Å². The molecule has 0 radical (unpaired) electrons. The number of ketones is 1. The number of aryl methyl sites for hydroxylation is 1. The van der Waals surface area contributed by atoms with Crippen LogP contribution in [0.3, 0.4) is 0 Å². The van der Waals surface area contributed by atoms with Gasteiger partial charge in [0.05, 0.1) is 5.52 Å². The van der Waals surface area contributed by atoms with Crippen molar-refractivity contribution in [2.24, 2.45) is 0 Å². The van der Waals surface area contributed by atoms with Crippen molar-refractivity contribution < 1.29 is 9.90 Å². The van der Waals surface area contributed by atoms with E-state index >= 15 is 0 Å². The Morgan fingerprint density at radius 3 is 2.33 bits per heavy atom. The topological polar surface area (TPSA) is 42.2 Å². The predicted molar refractivity (Wildman–Crippen MR) is 84.4 cm³/mol. The van der Waals surface area contributed by atoms with Gasteiger partial charge in [-0.05, 0) is 45.0 Å². The van der Waals surface area contributed by atoms with E-state index in [9.17, 15) is 9.90 Å². The molecule has 0 fully saturated rings. The lowest BCUT2D eigenvalue weighted by atomic mass is 10.1. The summed E-state index contributed by atoms with van der Waals surface area (Å²) in [5.74, 6) is 0.234. The lowest BCUT2D eigenvalue weighted by Crippen LogP contribution is -1.99. The standard InChI is InChI=1S/C18H17NO2/c1-11-4-6-14(7-5-11)19-12(2)18(13(3)20)16-9-8-15(21)10-17(16)19/h4-10,21H,1-3H3. The molecule has 2 aromatic carbocycles. The molecule has 0 saturated carbocycles. The molecule has 1 aromatic heterocycles. The number of phenolic OH excluding ortho intramolecular Hbond substituents is 1. The molecule has 0 saturated heterocycles. The summed E-state index contributed by atoms with van der Waals surface area (Å²) in [5.41, 5.74) is 4.63. The van der Waals surface area contributed by atoms with Crippen LogP contribution in [-0.4, -0.2) is 15.5 Å². The molecular formula is C18H17NO2. The third-order valence-corrected chi connectivity index (χ3v) is 3.83. The number of fused-ring (bicyclic) bond motifs is 1. The third kappa shape index (κ3) is 2.11. The molecule has 0 aliphatic carbocycles. The number of carbonyl (C=O) groups excluding carboxylic acids is 1. The maximum Gasteiger partial charge on any atom is 0.162 e. The van der Waals surface area contributed by atoms with Gasteiger partial charge in [-0.25, -0.2) is 0 Å². The molecule has 0 atom stereocenters. The molecule has 0 spiro atoms. The van der Waals surface area contributed by atoms with Crippen LogP contribution in [0.25, 0.3) is 16.6 Å². The second-order valence-electron chi connectivity index (χ2n) is 5.39. The monoisotopic (exact) mass is 279 g/mol. The Morgan fingerprint density at radius 1 is 1.05 bits per heavy atom. The number of benzene rings is 2. The Hall–Kier alpha value is -2.55. The first-order chi connectivity index (χ1) is 9.99. The van der Waals surface area contributed by atoms with Crippen LogP contribution in [0.1, 0.15) is 28.5 Å². The van der Waals surface area contributed by atoms with Crippen molar-refractivity contribution in [3.63, 3.8) is 0 Å². The molecule has 0 unspecified atom stereocenters. The van der Waals surface area contributed by atoms with Crippen LogP contribution in [0, 0.1) is 13.8 Å². The zero-order valence-electron chi connectivity index (χ0n) is 12.3. The molecule has 1 heterocycles. The molecule has 0 aliphatic heterocycles. The van der Waals surface area contributed by atoms with Crippen molar-refractivity contribution in [1.82, 2.24) is 4.57 Å². The van der Waals surface area contributed by atoms with E-state index in [0.717, 1.165) is 22.3 Å². The summed E-state index contributed by atoms with van der Waals surface area (Å²) in [6, 6.07) is 13.3. The number of aromatic hydroxyl groups is 1. The Labute approximate surface area is 123 Å². The van der Waals surface area contributed by atoms with E-state index < -0.39 is 0 Å². The molecule has 3 aromatic rings. The SMILES string of the molecule is CC(=O)c1c(C)n(-c2ccc(C)cc2)c2cc(O)ccc12. The van der Waals surface area contributed by atoms with E-state index in [1.54, 1.807) is 25.1 Å². The molecule has 0 aliphatic rings.